The van der Waals surface area contributed by atoms with E-state index in [4.69, 9.17) is 4.74 Å². The molecule has 1 rings (SSSR count). The zero-order chi connectivity index (χ0) is 16.9. The van der Waals surface area contributed by atoms with Gasteiger partial charge in [-0.1, -0.05) is 6.08 Å². The van der Waals surface area contributed by atoms with Crippen molar-refractivity contribution in [1.82, 2.24) is 20.9 Å². The zero-order valence-corrected chi connectivity index (χ0v) is 17.2. The van der Waals surface area contributed by atoms with Crippen LogP contribution in [0.5, 0.6) is 0 Å². The molecule has 1 heterocycles. The van der Waals surface area contributed by atoms with Gasteiger partial charge in [-0.15, -0.1) is 30.6 Å². The quantitative estimate of drug-likeness (QED) is 0.157. The molecule has 0 atom stereocenters. The Bertz CT molecular complexity index is 385. The molecule has 0 aliphatic carbocycles. The maximum atomic E-state index is 11.7. The number of amides is 1. The fourth-order valence-electron chi connectivity index (χ4n) is 2.46. The third kappa shape index (κ3) is 10.1. The summed E-state index contributed by atoms with van der Waals surface area (Å²) in [6.07, 6.45) is 4.08. The first-order valence-electron chi connectivity index (χ1n) is 8.33. The van der Waals surface area contributed by atoms with Crippen LogP contribution in [0.15, 0.2) is 17.6 Å². The number of ether oxygens (including phenoxy) is 1. The average Bonchev–Trinajstić information content (AvgIpc) is 2.55. The van der Waals surface area contributed by atoms with Gasteiger partial charge in [0.1, 0.15) is 6.54 Å². The van der Waals surface area contributed by atoms with Crippen molar-refractivity contribution in [2.24, 2.45) is 4.99 Å². The summed E-state index contributed by atoms with van der Waals surface area (Å²) in [5.41, 5.74) is 0. The van der Waals surface area contributed by atoms with E-state index >= 15 is 0 Å². The number of likely N-dealkylation sites (tertiary alicyclic amines) is 1. The molecule has 3 N–H and O–H groups in total. The molecule has 0 aromatic carbocycles. The Kier molecular flexibility index (Phi) is 13.9. The smallest absolute Gasteiger partial charge is 0.241 e. The first kappa shape index (κ1) is 23.1. The zero-order valence-electron chi connectivity index (χ0n) is 14.8. The molecule has 0 radical (unpaired) electrons. The van der Waals surface area contributed by atoms with Gasteiger partial charge in [0, 0.05) is 45.9 Å². The van der Waals surface area contributed by atoms with Crippen molar-refractivity contribution in [3.05, 3.63) is 12.7 Å². The lowest BCUT2D eigenvalue weighted by molar-refractivity contribution is -0.119. The summed E-state index contributed by atoms with van der Waals surface area (Å²) >= 11 is 0. The highest BCUT2D eigenvalue weighted by atomic mass is 127. The molecule has 1 fully saturated rings. The highest BCUT2D eigenvalue weighted by molar-refractivity contribution is 14.0. The van der Waals surface area contributed by atoms with Crippen molar-refractivity contribution < 1.29 is 9.53 Å². The molecular formula is C16H32IN5O2. The molecule has 0 aromatic rings. The van der Waals surface area contributed by atoms with Gasteiger partial charge in [0.2, 0.25) is 5.91 Å². The second-order valence-electron chi connectivity index (χ2n) is 5.55. The van der Waals surface area contributed by atoms with Crippen LogP contribution in [0.3, 0.4) is 0 Å². The number of carbonyl (C=O) groups excluding carboxylic acids is 1. The highest BCUT2D eigenvalue weighted by Crippen LogP contribution is 2.09. The summed E-state index contributed by atoms with van der Waals surface area (Å²) in [6.45, 7) is 10.8. The maximum absolute atomic E-state index is 11.7. The number of rotatable bonds is 9. The van der Waals surface area contributed by atoms with Gasteiger partial charge in [0.15, 0.2) is 5.96 Å². The lowest BCUT2D eigenvalue weighted by Crippen LogP contribution is -2.49. The van der Waals surface area contributed by atoms with E-state index in [0.29, 0.717) is 25.2 Å². The van der Waals surface area contributed by atoms with Crippen molar-refractivity contribution in [3.8, 4) is 0 Å². The van der Waals surface area contributed by atoms with Crippen molar-refractivity contribution in [2.75, 3.05) is 53.0 Å². The molecule has 1 amide bonds. The third-order valence-corrected chi connectivity index (χ3v) is 3.67. The first-order valence-corrected chi connectivity index (χ1v) is 8.33. The third-order valence-electron chi connectivity index (χ3n) is 3.67. The number of aliphatic imine (C=N–C) groups is 1. The Labute approximate surface area is 162 Å². The van der Waals surface area contributed by atoms with E-state index in [2.05, 4.69) is 32.4 Å². The monoisotopic (exact) mass is 453 g/mol. The predicted molar refractivity (Wildman–Crippen MR) is 109 cm³/mol. The van der Waals surface area contributed by atoms with Gasteiger partial charge >= 0.3 is 0 Å². The first-order chi connectivity index (χ1) is 11.2. The van der Waals surface area contributed by atoms with Gasteiger partial charge in [0.25, 0.3) is 0 Å². The van der Waals surface area contributed by atoms with Gasteiger partial charge in [-0.05, 0) is 19.8 Å². The van der Waals surface area contributed by atoms with Crippen molar-refractivity contribution in [2.45, 2.75) is 25.8 Å². The number of guanidine groups is 1. The summed E-state index contributed by atoms with van der Waals surface area (Å²) < 4.78 is 4.90. The Morgan fingerprint density at radius 3 is 2.67 bits per heavy atom. The summed E-state index contributed by atoms with van der Waals surface area (Å²) in [5.74, 6) is 0.608. The molecule has 8 heteroatoms. The molecule has 0 saturated carbocycles. The van der Waals surface area contributed by atoms with Crippen LogP contribution < -0.4 is 16.0 Å². The second-order valence-corrected chi connectivity index (χ2v) is 5.55. The Balaban J connectivity index is 0.00000529. The molecule has 7 nitrogen and oxygen atoms in total. The van der Waals surface area contributed by atoms with Crippen LogP contribution >= 0.6 is 24.0 Å². The minimum absolute atomic E-state index is 0. The van der Waals surface area contributed by atoms with Crippen LogP contribution in [-0.4, -0.2) is 75.8 Å². The standard InChI is InChI=1S/C16H31N5O2.HI/c1-4-9-21-10-6-14(7-11-21)20-16(17-5-2)19-13-15(22)18-8-12-23-3;/h4,14H,1,5-13H2,2-3H3,(H,18,22)(H2,17,19,20);1H. The summed E-state index contributed by atoms with van der Waals surface area (Å²) in [5, 5.41) is 9.38. The molecular weight excluding hydrogens is 421 g/mol. The number of methoxy groups -OCH3 is 1. The van der Waals surface area contributed by atoms with E-state index in [-0.39, 0.29) is 36.4 Å². The second kappa shape index (κ2) is 14.5. The van der Waals surface area contributed by atoms with Crippen molar-refractivity contribution >= 4 is 35.8 Å². The number of nitrogens with one attached hydrogen (secondary N) is 3. The Morgan fingerprint density at radius 1 is 1.38 bits per heavy atom. The van der Waals surface area contributed by atoms with Crippen molar-refractivity contribution in [3.63, 3.8) is 0 Å². The lowest BCUT2D eigenvalue weighted by atomic mass is 10.1. The van der Waals surface area contributed by atoms with E-state index in [0.717, 1.165) is 39.0 Å². The number of carbonyl (C=O) groups is 1. The van der Waals surface area contributed by atoms with Gasteiger partial charge in [-0.3, -0.25) is 9.69 Å². The fourth-order valence-corrected chi connectivity index (χ4v) is 2.46. The van der Waals surface area contributed by atoms with Crippen LogP contribution in [0.1, 0.15) is 19.8 Å². The molecule has 0 aromatic heterocycles. The van der Waals surface area contributed by atoms with E-state index in [9.17, 15) is 4.79 Å². The van der Waals surface area contributed by atoms with Crippen LogP contribution in [0.4, 0.5) is 0 Å². The molecule has 1 saturated heterocycles. The van der Waals surface area contributed by atoms with Crippen molar-refractivity contribution in [1.29, 1.82) is 0 Å². The SMILES string of the molecule is C=CCN1CCC(NC(=NCC(=O)NCCOC)NCC)CC1.I. The van der Waals surface area contributed by atoms with Gasteiger partial charge < -0.3 is 20.7 Å². The topological polar surface area (TPSA) is 78.0 Å². The van der Waals surface area contributed by atoms with Crippen LogP contribution in [0, 0.1) is 0 Å². The maximum Gasteiger partial charge on any atom is 0.241 e. The largest absolute Gasteiger partial charge is 0.383 e. The average molecular weight is 453 g/mol. The van der Waals surface area contributed by atoms with Gasteiger partial charge in [0.05, 0.1) is 6.61 Å². The highest BCUT2D eigenvalue weighted by Gasteiger charge is 2.19. The predicted octanol–water partition coefficient (Wildman–Crippen LogP) is 0.573. The Morgan fingerprint density at radius 2 is 2.08 bits per heavy atom. The normalized spacial score (nSPS) is 16.2. The van der Waals surface area contributed by atoms with Gasteiger partial charge in [-0.25, -0.2) is 4.99 Å². The summed E-state index contributed by atoms with van der Waals surface area (Å²) in [7, 11) is 1.61. The Hall–Kier alpha value is -0.870. The minimum Gasteiger partial charge on any atom is -0.383 e. The number of halogens is 1. The summed E-state index contributed by atoms with van der Waals surface area (Å²) in [6, 6.07) is 0.394. The molecule has 1 aliphatic rings. The minimum atomic E-state index is -0.0972. The molecule has 0 bridgehead atoms. The molecule has 0 unspecified atom stereocenters. The van der Waals surface area contributed by atoms with Crippen LogP contribution in [0.2, 0.25) is 0 Å². The van der Waals surface area contributed by atoms with E-state index in [1.807, 2.05) is 13.0 Å². The number of piperidine rings is 1. The molecule has 24 heavy (non-hydrogen) atoms. The van der Waals surface area contributed by atoms with Crippen LogP contribution in [-0.2, 0) is 9.53 Å². The number of hydrogen-bond donors (Lipinski definition) is 3. The molecule has 1 aliphatic heterocycles. The lowest BCUT2D eigenvalue weighted by Gasteiger charge is -2.32. The number of nitrogens with zero attached hydrogens (tertiary/aromatic N) is 2. The van der Waals surface area contributed by atoms with E-state index in [1.165, 1.54) is 0 Å². The van der Waals surface area contributed by atoms with E-state index in [1.54, 1.807) is 7.11 Å². The molecule has 0 spiro atoms. The summed E-state index contributed by atoms with van der Waals surface area (Å²) in [4.78, 5) is 18.4. The number of hydrogen-bond acceptors (Lipinski definition) is 4. The van der Waals surface area contributed by atoms with Gasteiger partial charge in [-0.2, -0.15) is 0 Å². The molecule has 140 valence electrons. The fraction of sp³-hybridized carbons (Fsp3) is 0.750. The van der Waals surface area contributed by atoms with E-state index < -0.39 is 0 Å². The van der Waals surface area contributed by atoms with Crippen LogP contribution in [0.25, 0.3) is 0 Å².